The zero-order valence-corrected chi connectivity index (χ0v) is 13.6. The highest BCUT2D eigenvalue weighted by atomic mass is 127. The standard InChI is InChI=1S/C13H14ClIN2O2/c1-13(2)12(19)17(6-5-11(18)16-13)10-4-3-8(14)7-9(10)15/h3-4,7H,5-6H2,1-2H3,(H,16,18). The molecule has 0 spiro atoms. The van der Waals surface area contributed by atoms with Crippen LogP contribution in [-0.2, 0) is 9.59 Å². The molecule has 2 amide bonds. The summed E-state index contributed by atoms with van der Waals surface area (Å²) in [5.74, 6) is -0.219. The first-order chi connectivity index (χ1) is 8.81. The molecular weight excluding hydrogens is 379 g/mol. The van der Waals surface area contributed by atoms with Crippen LogP contribution in [0.15, 0.2) is 18.2 Å². The average molecular weight is 393 g/mol. The van der Waals surface area contributed by atoms with Crippen molar-refractivity contribution in [3.8, 4) is 0 Å². The molecule has 0 unspecified atom stereocenters. The zero-order valence-electron chi connectivity index (χ0n) is 10.7. The van der Waals surface area contributed by atoms with Gasteiger partial charge in [0.25, 0.3) is 5.91 Å². The minimum Gasteiger partial charge on any atom is -0.342 e. The Morgan fingerprint density at radius 1 is 1.37 bits per heavy atom. The SMILES string of the molecule is CC1(C)NC(=O)CCN(c2ccc(Cl)cc2I)C1=O. The summed E-state index contributed by atoms with van der Waals surface area (Å²) < 4.78 is 0.892. The van der Waals surface area contributed by atoms with E-state index >= 15 is 0 Å². The zero-order chi connectivity index (χ0) is 14.2. The molecule has 1 fully saturated rings. The third-order valence-electron chi connectivity index (χ3n) is 2.99. The third-order valence-corrected chi connectivity index (χ3v) is 4.09. The molecule has 0 bridgehead atoms. The van der Waals surface area contributed by atoms with Crippen molar-refractivity contribution < 1.29 is 9.59 Å². The highest BCUT2D eigenvalue weighted by Gasteiger charge is 2.37. The molecule has 19 heavy (non-hydrogen) atoms. The van der Waals surface area contributed by atoms with E-state index in [1.54, 1.807) is 30.9 Å². The Kier molecular flexibility index (Phi) is 4.06. The maximum Gasteiger partial charge on any atom is 0.252 e. The lowest BCUT2D eigenvalue weighted by Crippen LogP contribution is -2.53. The number of carbonyl (C=O) groups is 2. The van der Waals surface area contributed by atoms with E-state index in [1.807, 2.05) is 6.07 Å². The fraction of sp³-hybridized carbons (Fsp3) is 0.385. The van der Waals surface area contributed by atoms with Crippen molar-refractivity contribution in [1.82, 2.24) is 5.32 Å². The highest BCUT2D eigenvalue weighted by Crippen LogP contribution is 2.28. The molecule has 1 N–H and O–H groups in total. The van der Waals surface area contributed by atoms with Crippen LogP contribution in [0.1, 0.15) is 20.3 Å². The van der Waals surface area contributed by atoms with Gasteiger partial charge in [-0.1, -0.05) is 11.6 Å². The number of hydrogen-bond acceptors (Lipinski definition) is 2. The van der Waals surface area contributed by atoms with Gasteiger partial charge in [0.2, 0.25) is 5.91 Å². The Morgan fingerprint density at radius 2 is 2.05 bits per heavy atom. The molecular formula is C13H14ClIN2O2. The van der Waals surface area contributed by atoms with Crippen LogP contribution in [0.4, 0.5) is 5.69 Å². The molecule has 0 aliphatic carbocycles. The molecule has 4 nitrogen and oxygen atoms in total. The predicted octanol–water partition coefficient (Wildman–Crippen LogP) is 2.58. The van der Waals surface area contributed by atoms with Crippen molar-refractivity contribution in [2.75, 3.05) is 11.4 Å². The lowest BCUT2D eigenvalue weighted by atomic mass is 10.0. The number of rotatable bonds is 1. The molecule has 1 saturated heterocycles. The lowest BCUT2D eigenvalue weighted by molar-refractivity contribution is -0.128. The van der Waals surface area contributed by atoms with Gasteiger partial charge in [-0.15, -0.1) is 0 Å². The monoisotopic (exact) mass is 392 g/mol. The molecule has 1 aliphatic rings. The fourth-order valence-corrected chi connectivity index (χ4v) is 3.21. The number of anilines is 1. The van der Waals surface area contributed by atoms with E-state index < -0.39 is 5.54 Å². The van der Waals surface area contributed by atoms with Crippen LogP contribution < -0.4 is 10.2 Å². The predicted molar refractivity (Wildman–Crippen MR) is 83.4 cm³/mol. The Hall–Kier alpha value is -0.820. The Morgan fingerprint density at radius 3 is 2.68 bits per heavy atom. The second-order valence-electron chi connectivity index (χ2n) is 4.98. The van der Waals surface area contributed by atoms with E-state index in [9.17, 15) is 9.59 Å². The number of carbonyl (C=O) groups excluding carboxylic acids is 2. The summed E-state index contributed by atoms with van der Waals surface area (Å²) in [5.41, 5.74) is -0.101. The summed E-state index contributed by atoms with van der Waals surface area (Å²) in [4.78, 5) is 25.8. The number of benzene rings is 1. The summed E-state index contributed by atoms with van der Waals surface area (Å²) in [6, 6.07) is 5.37. The minimum absolute atomic E-state index is 0.107. The molecule has 2 rings (SSSR count). The maximum atomic E-state index is 12.5. The van der Waals surface area contributed by atoms with E-state index in [0.717, 1.165) is 9.26 Å². The van der Waals surface area contributed by atoms with E-state index in [4.69, 9.17) is 11.6 Å². The van der Waals surface area contributed by atoms with Crippen molar-refractivity contribution in [3.05, 3.63) is 26.8 Å². The molecule has 1 aliphatic heterocycles. The van der Waals surface area contributed by atoms with Crippen LogP contribution in [0.25, 0.3) is 0 Å². The van der Waals surface area contributed by atoms with Crippen LogP contribution in [0.3, 0.4) is 0 Å². The van der Waals surface area contributed by atoms with Gasteiger partial charge in [0.15, 0.2) is 0 Å². The largest absolute Gasteiger partial charge is 0.342 e. The van der Waals surface area contributed by atoms with E-state index in [-0.39, 0.29) is 11.8 Å². The Balaban J connectivity index is 2.42. The van der Waals surface area contributed by atoms with Crippen molar-refractivity contribution in [2.24, 2.45) is 0 Å². The second kappa shape index (κ2) is 5.28. The summed E-state index contributed by atoms with van der Waals surface area (Å²) in [6.45, 7) is 3.81. The molecule has 1 aromatic carbocycles. The van der Waals surface area contributed by atoms with Crippen molar-refractivity contribution in [1.29, 1.82) is 0 Å². The molecule has 0 atom stereocenters. The molecule has 0 radical (unpaired) electrons. The van der Waals surface area contributed by atoms with Gasteiger partial charge in [-0.25, -0.2) is 0 Å². The molecule has 0 saturated carbocycles. The van der Waals surface area contributed by atoms with Crippen molar-refractivity contribution >= 4 is 51.7 Å². The van der Waals surface area contributed by atoms with Crippen LogP contribution in [0.5, 0.6) is 0 Å². The highest BCUT2D eigenvalue weighted by molar-refractivity contribution is 14.1. The Bertz CT molecular complexity index is 545. The van der Waals surface area contributed by atoms with Crippen molar-refractivity contribution in [3.63, 3.8) is 0 Å². The number of nitrogens with one attached hydrogen (secondary N) is 1. The second-order valence-corrected chi connectivity index (χ2v) is 6.57. The third kappa shape index (κ3) is 3.02. The van der Waals surface area contributed by atoms with E-state index in [0.29, 0.717) is 18.0 Å². The number of halogens is 2. The Labute approximate surface area is 130 Å². The van der Waals surface area contributed by atoms with Gasteiger partial charge in [-0.2, -0.15) is 0 Å². The van der Waals surface area contributed by atoms with Crippen molar-refractivity contribution in [2.45, 2.75) is 25.8 Å². The van der Waals surface area contributed by atoms with Gasteiger partial charge in [-0.3, -0.25) is 9.59 Å². The first kappa shape index (κ1) is 14.6. The first-order valence-corrected chi connectivity index (χ1v) is 7.35. The van der Waals surface area contributed by atoms with Gasteiger partial charge in [0.1, 0.15) is 5.54 Å². The number of amides is 2. The molecule has 0 aromatic heterocycles. The normalized spacial score (nSPS) is 19.1. The average Bonchev–Trinajstić information content (AvgIpc) is 2.38. The minimum atomic E-state index is -0.893. The molecule has 1 heterocycles. The van der Waals surface area contributed by atoms with Crippen LogP contribution in [-0.4, -0.2) is 23.9 Å². The lowest BCUT2D eigenvalue weighted by Gasteiger charge is -2.29. The quantitative estimate of drug-likeness (QED) is 0.747. The topological polar surface area (TPSA) is 49.4 Å². The summed E-state index contributed by atoms with van der Waals surface area (Å²) in [6.07, 6.45) is 0.299. The number of hydrogen-bond donors (Lipinski definition) is 1. The first-order valence-electron chi connectivity index (χ1n) is 5.89. The molecule has 1 aromatic rings. The van der Waals surface area contributed by atoms with Crippen LogP contribution in [0.2, 0.25) is 5.02 Å². The smallest absolute Gasteiger partial charge is 0.252 e. The van der Waals surface area contributed by atoms with Gasteiger partial charge in [0.05, 0.1) is 5.69 Å². The van der Waals surface area contributed by atoms with Crippen LogP contribution >= 0.6 is 34.2 Å². The van der Waals surface area contributed by atoms with Gasteiger partial charge >= 0.3 is 0 Å². The van der Waals surface area contributed by atoms with Gasteiger partial charge < -0.3 is 10.2 Å². The number of nitrogens with zero attached hydrogens (tertiary/aromatic N) is 1. The summed E-state index contributed by atoms with van der Waals surface area (Å²) in [5, 5.41) is 3.37. The summed E-state index contributed by atoms with van der Waals surface area (Å²) in [7, 11) is 0. The molecule has 6 heteroatoms. The van der Waals surface area contributed by atoms with Gasteiger partial charge in [0, 0.05) is 21.6 Å². The summed E-state index contributed by atoms with van der Waals surface area (Å²) >= 11 is 8.07. The van der Waals surface area contributed by atoms with E-state index in [2.05, 4.69) is 27.9 Å². The van der Waals surface area contributed by atoms with Gasteiger partial charge in [-0.05, 0) is 54.6 Å². The fourth-order valence-electron chi connectivity index (χ4n) is 2.05. The maximum absolute atomic E-state index is 12.5. The van der Waals surface area contributed by atoms with E-state index in [1.165, 1.54) is 0 Å². The molecule has 102 valence electrons. The van der Waals surface area contributed by atoms with Crippen LogP contribution in [0, 0.1) is 3.57 Å².